The third-order valence-corrected chi connectivity index (χ3v) is 8.53. The van der Waals surface area contributed by atoms with Gasteiger partial charge < -0.3 is 5.11 Å². The van der Waals surface area contributed by atoms with Crippen LogP contribution in [0.25, 0.3) is 0 Å². The van der Waals surface area contributed by atoms with Gasteiger partial charge in [0, 0.05) is 38.3 Å². The molecule has 1 fully saturated rings. The molecule has 0 unspecified atom stereocenters. The van der Waals surface area contributed by atoms with Gasteiger partial charge in [-0.25, -0.2) is 16.8 Å². The Hall–Kier alpha value is -3.14. The first kappa shape index (κ1) is 22.5. The minimum Gasteiger partial charge on any atom is -0.508 e. The standard InChI is InChI=1S/C16H16N4O9S2/c21-12-4-6-13(7-5-12)30(26,27)17-8-10-18(11-9-17)31(28,29)16-14(19(22)23)2-1-3-15(16)20(24)25/h1-7,21H,8-11H2. The first-order valence-electron chi connectivity index (χ1n) is 8.67. The van der Waals surface area contributed by atoms with E-state index in [-0.39, 0.29) is 36.8 Å². The zero-order valence-electron chi connectivity index (χ0n) is 15.7. The Morgan fingerprint density at radius 1 is 0.742 bits per heavy atom. The summed E-state index contributed by atoms with van der Waals surface area (Å²) in [7, 11) is -8.63. The van der Waals surface area contributed by atoms with Gasteiger partial charge in [-0.2, -0.15) is 8.61 Å². The molecule has 0 aromatic heterocycles. The SMILES string of the molecule is O=[N+]([O-])c1cccc([N+](=O)[O-])c1S(=O)(=O)N1CCN(S(=O)(=O)c2ccc(O)cc2)CC1. The van der Waals surface area contributed by atoms with Crippen LogP contribution < -0.4 is 0 Å². The molecule has 31 heavy (non-hydrogen) atoms. The van der Waals surface area contributed by atoms with Gasteiger partial charge in [-0.05, 0) is 30.3 Å². The summed E-state index contributed by atoms with van der Waals surface area (Å²) in [5, 5.41) is 31.9. The lowest BCUT2D eigenvalue weighted by Gasteiger charge is -2.33. The molecule has 2 aromatic rings. The van der Waals surface area contributed by atoms with Crippen LogP contribution in [0.1, 0.15) is 0 Å². The Kier molecular flexibility index (Phi) is 5.95. The summed E-state index contributed by atoms with van der Waals surface area (Å²) in [5.74, 6) is -0.124. The van der Waals surface area contributed by atoms with Gasteiger partial charge in [0.2, 0.25) is 14.9 Å². The van der Waals surface area contributed by atoms with Gasteiger partial charge in [-0.3, -0.25) is 20.2 Å². The molecule has 0 aliphatic carbocycles. The van der Waals surface area contributed by atoms with Crippen LogP contribution in [0.5, 0.6) is 5.75 Å². The lowest BCUT2D eigenvalue weighted by Crippen LogP contribution is -2.50. The van der Waals surface area contributed by atoms with Gasteiger partial charge in [0.05, 0.1) is 14.7 Å². The van der Waals surface area contributed by atoms with Crippen LogP contribution in [-0.2, 0) is 20.0 Å². The predicted octanol–water partition coefficient (Wildman–Crippen LogP) is 0.904. The number of nitro groups is 2. The molecule has 0 radical (unpaired) electrons. The average molecular weight is 472 g/mol. The Morgan fingerprint density at radius 3 is 1.58 bits per heavy atom. The van der Waals surface area contributed by atoms with E-state index in [1.807, 2.05) is 0 Å². The molecule has 3 rings (SSSR count). The highest BCUT2D eigenvalue weighted by Crippen LogP contribution is 2.35. The Labute approximate surface area is 176 Å². The number of nitro benzene ring substituents is 2. The number of benzene rings is 2. The molecule has 1 N–H and O–H groups in total. The Bertz CT molecular complexity index is 1200. The highest BCUT2D eigenvalue weighted by Gasteiger charge is 2.41. The van der Waals surface area contributed by atoms with Crippen LogP contribution in [0, 0.1) is 20.2 Å². The van der Waals surface area contributed by atoms with Crippen LogP contribution >= 0.6 is 0 Å². The second-order valence-electron chi connectivity index (χ2n) is 6.44. The fourth-order valence-electron chi connectivity index (χ4n) is 3.11. The molecule has 0 amide bonds. The van der Waals surface area contributed by atoms with E-state index >= 15 is 0 Å². The third kappa shape index (κ3) is 4.20. The van der Waals surface area contributed by atoms with Crippen molar-refractivity contribution in [2.24, 2.45) is 0 Å². The van der Waals surface area contributed by atoms with Crippen molar-refractivity contribution < 1.29 is 31.8 Å². The quantitative estimate of drug-likeness (QED) is 0.472. The maximum atomic E-state index is 13.0. The molecule has 166 valence electrons. The van der Waals surface area contributed by atoms with Crippen LogP contribution in [0.3, 0.4) is 0 Å². The number of phenols is 1. The number of piperazine rings is 1. The van der Waals surface area contributed by atoms with E-state index in [1.54, 1.807) is 0 Å². The van der Waals surface area contributed by atoms with Gasteiger partial charge in [0.15, 0.2) is 0 Å². The van der Waals surface area contributed by atoms with Crippen LogP contribution in [0.15, 0.2) is 52.3 Å². The number of rotatable bonds is 6. The number of hydrogen-bond acceptors (Lipinski definition) is 9. The zero-order valence-corrected chi connectivity index (χ0v) is 17.3. The smallest absolute Gasteiger partial charge is 0.296 e. The minimum absolute atomic E-state index is 0.101. The number of aromatic hydroxyl groups is 1. The summed E-state index contributed by atoms with van der Waals surface area (Å²) in [6.45, 7) is -1.25. The molecule has 0 spiro atoms. The summed E-state index contributed by atoms with van der Waals surface area (Å²) in [6, 6.07) is 7.51. The molecule has 1 aliphatic rings. The van der Waals surface area contributed by atoms with Crippen molar-refractivity contribution in [1.29, 1.82) is 0 Å². The molecule has 13 nitrogen and oxygen atoms in total. The Balaban J connectivity index is 1.90. The van der Waals surface area contributed by atoms with E-state index < -0.39 is 46.2 Å². The van der Waals surface area contributed by atoms with Crippen LogP contribution in [0.2, 0.25) is 0 Å². The maximum Gasteiger partial charge on any atom is 0.296 e. The first-order valence-corrected chi connectivity index (χ1v) is 11.6. The monoisotopic (exact) mass is 472 g/mol. The summed E-state index contributed by atoms with van der Waals surface area (Å²) in [6.07, 6.45) is 0. The second kappa shape index (κ2) is 8.18. The summed E-state index contributed by atoms with van der Waals surface area (Å²) >= 11 is 0. The van der Waals surface area contributed by atoms with E-state index in [9.17, 15) is 42.2 Å². The molecule has 0 saturated carbocycles. The minimum atomic E-state index is -4.66. The van der Waals surface area contributed by atoms with E-state index in [2.05, 4.69) is 0 Å². The van der Waals surface area contributed by atoms with Crippen molar-refractivity contribution in [3.05, 3.63) is 62.7 Å². The largest absolute Gasteiger partial charge is 0.508 e. The third-order valence-electron chi connectivity index (χ3n) is 4.64. The fraction of sp³-hybridized carbons (Fsp3) is 0.250. The molecule has 2 aromatic carbocycles. The van der Waals surface area contributed by atoms with Gasteiger partial charge in [-0.15, -0.1) is 0 Å². The van der Waals surface area contributed by atoms with Crippen molar-refractivity contribution in [2.75, 3.05) is 26.2 Å². The number of sulfonamides is 2. The van der Waals surface area contributed by atoms with Crippen molar-refractivity contribution >= 4 is 31.4 Å². The van der Waals surface area contributed by atoms with E-state index in [4.69, 9.17) is 0 Å². The van der Waals surface area contributed by atoms with Gasteiger partial charge in [0.25, 0.3) is 21.4 Å². The summed E-state index contributed by atoms with van der Waals surface area (Å²) in [5.41, 5.74) is -1.87. The van der Waals surface area contributed by atoms with Crippen molar-refractivity contribution in [3.63, 3.8) is 0 Å². The van der Waals surface area contributed by atoms with E-state index in [0.29, 0.717) is 0 Å². The first-order chi connectivity index (χ1) is 14.5. The summed E-state index contributed by atoms with van der Waals surface area (Å²) in [4.78, 5) is 19.4. The molecule has 1 saturated heterocycles. The lowest BCUT2D eigenvalue weighted by atomic mass is 10.3. The molecular formula is C16H16N4O9S2. The molecular weight excluding hydrogens is 456 g/mol. The van der Waals surface area contributed by atoms with Crippen molar-refractivity contribution in [3.8, 4) is 5.75 Å². The van der Waals surface area contributed by atoms with Gasteiger partial charge >= 0.3 is 0 Å². The second-order valence-corrected chi connectivity index (χ2v) is 10.3. The topological polar surface area (TPSA) is 181 Å². The van der Waals surface area contributed by atoms with E-state index in [1.165, 1.54) is 24.3 Å². The van der Waals surface area contributed by atoms with E-state index in [0.717, 1.165) is 26.8 Å². The normalized spacial score (nSPS) is 16.1. The molecule has 0 bridgehead atoms. The van der Waals surface area contributed by atoms with Crippen molar-refractivity contribution in [2.45, 2.75) is 9.79 Å². The highest BCUT2D eigenvalue weighted by atomic mass is 32.2. The number of hydrogen-bond donors (Lipinski definition) is 1. The molecule has 0 atom stereocenters. The zero-order chi connectivity index (χ0) is 23.0. The van der Waals surface area contributed by atoms with Crippen LogP contribution in [0.4, 0.5) is 11.4 Å². The van der Waals surface area contributed by atoms with Crippen LogP contribution in [-0.4, -0.2) is 66.6 Å². The predicted molar refractivity (Wildman–Crippen MR) is 105 cm³/mol. The van der Waals surface area contributed by atoms with Crippen molar-refractivity contribution in [1.82, 2.24) is 8.61 Å². The lowest BCUT2D eigenvalue weighted by molar-refractivity contribution is -0.399. The highest BCUT2D eigenvalue weighted by molar-refractivity contribution is 7.89. The molecule has 15 heteroatoms. The van der Waals surface area contributed by atoms with Gasteiger partial charge in [-0.1, -0.05) is 0 Å². The fourth-order valence-corrected chi connectivity index (χ4v) is 6.25. The Morgan fingerprint density at radius 2 is 1.16 bits per heavy atom. The average Bonchev–Trinajstić information content (AvgIpc) is 2.73. The van der Waals surface area contributed by atoms with Gasteiger partial charge in [0.1, 0.15) is 5.75 Å². The maximum absolute atomic E-state index is 13.0. The summed E-state index contributed by atoms with van der Waals surface area (Å²) < 4.78 is 53.3. The molecule has 1 heterocycles. The molecule has 1 aliphatic heterocycles. The number of nitrogens with zero attached hydrogens (tertiary/aromatic N) is 4. The number of phenolic OH excluding ortho intramolecular Hbond substituents is 1.